The molecule has 2 aromatic carbocycles. The summed E-state index contributed by atoms with van der Waals surface area (Å²) in [7, 11) is 0. The number of esters is 1. The molecule has 0 aliphatic carbocycles. The summed E-state index contributed by atoms with van der Waals surface area (Å²) in [4.78, 5) is 35.9. The molecular weight excluding hydrogens is 338 g/mol. The van der Waals surface area contributed by atoms with Gasteiger partial charge in [0, 0.05) is 24.4 Å². The number of carbonyl (C=O) groups is 2. The second kappa shape index (κ2) is 8.94. The molecule has 0 heterocycles. The zero-order valence-corrected chi connectivity index (χ0v) is 13.7. The summed E-state index contributed by atoms with van der Waals surface area (Å²) in [5.41, 5.74) is 0.320. The van der Waals surface area contributed by atoms with Crippen molar-refractivity contribution in [3.8, 4) is 6.07 Å². The number of rotatable bonds is 7. The summed E-state index contributed by atoms with van der Waals surface area (Å²) < 4.78 is 4.97. The average molecular weight is 353 g/mol. The van der Waals surface area contributed by atoms with Gasteiger partial charge in [-0.05, 0) is 18.2 Å². The first-order valence-corrected chi connectivity index (χ1v) is 7.67. The van der Waals surface area contributed by atoms with Gasteiger partial charge in [-0.25, -0.2) is 4.79 Å². The van der Waals surface area contributed by atoms with Crippen LogP contribution in [-0.4, -0.2) is 30.0 Å². The molecule has 0 aromatic heterocycles. The van der Waals surface area contributed by atoms with Crippen LogP contribution in [-0.2, 0) is 9.53 Å². The predicted octanol–water partition coefficient (Wildman–Crippen LogP) is 2.70. The van der Waals surface area contributed by atoms with Crippen LogP contribution < -0.4 is 4.90 Å². The number of nitrogens with zero attached hydrogens (tertiary/aromatic N) is 3. The maximum atomic E-state index is 12.4. The summed E-state index contributed by atoms with van der Waals surface area (Å²) in [6.07, 6.45) is 0.124. The summed E-state index contributed by atoms with van der Waals surface area (Å²) in [6.45, 7) is -0.379. The van der Waals surface area contributed by atoms with Crippen molar-refractivity contribution < 1.29 is 19.2 Å². The number of hydrogen-bond acceptors (Lipinski definition) is 6. The highest BCUT2D eigenvalue weighted by molar-refractivity contribution is 5.97. The molecule has 0 fully saturated rings. The zero-order valence-electron chi connectivity index (χ0n) is 13.7. The zero-order chi connectivity index (χ0) is 18.9. The normalized spacial score (nSPS) is 9.81. The minimum atomic E-state index is -0.838. The van der Waals surface area contributed by atoms with E-state index in [-0.39, 0.29) is 24.2 Å². The second-order valence-electron chi connectivity index (χ2n) is 5.17. The van der Waals surface area contributed by atoms with Crippen LogP contribution >= 0.6 is 0 Å². The predicted molar refractivity (Wildman–Crippen MR) is 92.4 cm³/mol. The third-order valence-electron chi connectivity index (χ3n) is 3.44. The van der Waals surface area contributed by atoms with Crippen molar-refractivity contribution in [3.05, 3.63) is 70.3 Å². The van der Waals surface area contributed by atoms with Gasteiger partial charge < -0.3 is 9.64 Å². The van der Waals surface area contributed by atoms with Gasteiger partial charge in [-0.1, -0.05) is 24.3 Å². The van der Waals surface area contributed by atoms with Gasteiger partial charge in [0.25, 0.3) is 11.6 Å². The van der Waals surface area contributed by atoms with E-state index in [1.54, 1.807) is 30.3 Å². The smallest absolute Gasteiger partial charge is 0.338 e. The van der Waals surface area contributed by atoms with Crippen molar-refractivity contribution in [1.29, 1.82) is 5.26 Å². The Morgan fingerprint density at radius 3 is 2.54 bits per heavy atom. The molecule has 0 radical (unpaired) electrons. The van der Waals surface area contributed by atoms with Gasteiger partial charge in [0.15, 0.2) is 6.61 Å². The lowest BCUT2D eigenvalue weighted by atomic mass is 10.2. The van der Waals surface area contributed by atoms with Crippen molar-refractivity contribution in [1.82, 2.24) is 0 Å². The third kappa shape index (κ3) is 4.88. The number of non-ortho nitro benzene ring substituents is 1. The van der Waals surface area contributed by atoms with E-state index < -0.39 is 23.4 Å². The van der Waals surface area contributed by atoms with E-state index in [1.165, 1.54) is 23.1 Å². The molecule has 0 unspecified atom stereocenters. The fourth-order valence-corrected chi connectivity index (χ4v) is 2.20. The summed E-state index contributed by atoms with van der Waals surface area (Å²) >= 11 is 0. The fourth-order valence-electron chi connectivity index (χ4n) is 2.20. The van der Waals surface area contributed by atoms with Crippen molar-refractivity contribution in [2.45, 2.75) is 6.42 Å². The Bertz CT molecular complexity index is 845. The molecule has 0 saturated carbocycles. The number of benzene rings is 2. The molecule has 26 heavy (non-hydrogen) atoms. The number of anilines is 1. The van der Waals surface area contributed by atoms with Crippen molar-refractivity contribution in [2.24, 2.45) is 0 Å². The first-order valence-electron chi connectivity index (χ1n) is 7.67. The van der Waals surface area contributed by atoms with Gasteiger partial charge >= 0.3 is 5.97 Å². The molecule has 8 nitrogen and oxygen atoms in total. The van der Waals surface area contributed by atoms with Crippen molar-refractivity contribution >= 4 is 23.3 Å². The van der Waals surface area contributed by atoms with Crippen molar-refractivity contribution in [3.63, 3.8) is 0 Å². The summed E-state index contributed by atoms with van der Waals surface area (Å²) in [6, 6.07) is 15.7. The number of para-hydroxylation sites is 1. The standard InChI is InChI=1S/C18H15N3O5/c19-10-5-11-20(15-7-2-1-3-8-15)17(22)13-26-18(23)14-6-4-9-16(12-14)21(24)25/h1-4,6-9,12H,5,11,13H2. The maximum Gasteiger partial charge on any atom is 0.338 e. The first-order chi connectivity index (χ1) is 12.5. The first kappa shape index (κ1) is 18.6. The summed E-state index contributed by atoms with van der Waals surface area (Å²) in [5, 5.41) is 19.5. The molecule has 2 aromatic rings. The molecule has 2 rings (SSSR count). The van der Waals surface area contributed by atoms with Gasteiger partial charge in [0.05, 0.1) is 23.0 Å². The largest absolute Gasteiger partial charge is 0.452 e. The SMILES string of the molecule is N#CCCN(C(=O)COC(=O)c1cccc([N+](=O)[O-])c1)c1ccccc1. The number of nitriles is 1. The van der Waals surface area contributed by atoms with E-state index in [4.69, 9.17) is 10.00 Å². The Hall–Kier alpha value is -3.73. The number of hydrogen-bond donors (Lipinski definition) is 0. The Balaban J connectivity index is 2.05. The minimum absolute atomic E-state index is 0.0183. The van der Waals surface area contributed by atoms with Crippen LogP contribution in [0.25, 0.3) is 0 Å². The number of nitro groups is 1. The van der Waals surface area contributed by atoms with E-state index in [9.17, 15) is 19.7 Å². The Labute approximate surface area is 149 Å². The van der Waals surface area contributed by atoms with Crippen LogP contribution in [0.2, 0.25) is 0 Å². The lowest BCUT2D eigenvalue weighted by Crippen LogP contribution is -2.35. The molecular formula is C18H15N3O5. The van der Waals surface area contributed by atoms with Crippen molar-refractivity contribution in [2.75, 3.05) is 18.1 Å². The van der Waals surface area contributed by atoms with Crippen LogP contribution in [0.4, 0.5) is 11.4 Å². The van der Waals surface area contributed by atoms with Crippen LogP contribution in [0.1, 0.15) is 16.8 Å². The molecule has 0 atom stereocenters. The molecule has 0 spiro atoms. The lowest BCUT2D eigenvalue weighted by molar-refractivity contribution is -0.384. The Morgan fingerprint density at radius 2 is 1.88 bits per heavy atom. The van der Waals surface area contributed by atoms with Crippen LogP contribution in [0.5, 0.6) is 0 Å². The summed E-state index contributed by atoms with van der Waals surface area (Å²) in [5.74, 6) is -1.33. The molecule has 132 valence electrons. The Kier molecular flexibility index (Phi) is 6.40. The van der Waals surface area contributed by atoms with Crippen LogP contribution in [0, 0.1) is 21.4 Å². The van der Waals surface area contributed by atoms with Gasteiger partial charge in [-0.3, -0.25) is 14.9 Å². The Morgan fingerprint density at radius 1 is 1.15 bits per heavy atom. The van der Waals surface area contributed by atoms with E-state index in [1.807, 2.05) is 6.07 Å². The minimum Gasteiger partial charge on any atom is -0.452 e. The molecule has 8 heteroatoms. The van der Waals surface area contributed by atoms with E-state index >= 15 is 0 Å². The topological polar surface area (TPSA) is 114 Å². The number of carbonyl (C=O) groups excluding carboxylic acids is 2. The van der Waals surface area contributed by atoms with Crippen LogP contribution in [0.15, 0.2) is 54.6 Å². The highest BCUT2D eigenvalue weighted by atomic mass is 16.6. The lowest BCUT2D eigenvalue weighted by Gasteiger charge is -2.21. The van der Waals surface area contributed by atoms with E-state index in [2.05, 4.69) is 0 Å². The second-order valence-corrected chi connectivity index (χ2v) is 5.17. The van der Waals surface area contributed by atoms with Gasteiger partial charge in [-0.2, -0.15) is 5.26 Å². The average Bonchev–Trinajstić information content (AvgIpc) is 2.67. The van der Waals surface area contributed by atoms with E-state index in [0.29, 0.717) is 5.69 Å². The van der Waals surface area contributed by atoms with Gasteiger partial charge in [0.1, 0.15) is 0 Å². The maximum absolute atomic E-state index is 12.4. The molecule has 0 aliphatic rings. The van der Waals surface area contributed by atoms with E-state index in [0.717, 1.165) is 6.07 Å². The highest BCUT2D eigenvalue weighted by Crippen LogP contribution is 2.16. The molecule has 0 saturated heterocycles. The number of amides is 1. The molecule has 0 N–H and O–H groups in total. The number of ether oxygens (including phenoxy) is 1. The fraction of sp³-hybridized carbons (Fsp3) is 0.167. The molecule has 1 amide bonds. The highest BCUT2D eigenvalue weighted by Gasteiger charge is 2.19. The third-order valence-corrected chi connectivity index (χ3v) is 3.44. The quantitative estimate of drug-likeness (QED) is 0.429. The molecule has 0 bridgehead atoms. The molecule has 0 aliphatic heterocycles. The number of nitro benzene ring substituents is 1. The van der Waals surface area contributed by atoms with Gasteiger partial charge in [-0.15, -0.1) is 0 Å². The monoisotopic (exact) mass is 353 g/mol. The van der Waals surface area contributed by atoms with Gasteiger partial charge in [0.2, 0.25) is 0 Å². The van der Waals surface area contributed by atoms with Crippen LogP contribution in [0.3, 0.4) is 0 Å².